The van der Waals surface area contributed by atoms with E-state index in [0.717, 1.165) is 16.4 Å². The fourth-order valence-corrected chi connectivity index (χ4v) is 4.62. The summed E-state index contributed by atoms with van der Waals surface area (Å²) in [4.78, 5) is 20.7. The number of benzene rings is 2. The molecule has 2 aromatic rings. The Morgan fingerprint density at radius 2 is 1.74 bits per heavy atom. The fraction of sp³-hybridized carbons (Fsp3) is 0.188. The molecular weight excluding hydrogens is 419 g/mol. The number of anilines is 1. The minimum absolute atomic E-state index is 0.00889. The van der Waals surface area contributed by atoms with Crippen LogP contribution in [-0.2, 0) is 14.8 Å². The zero-order chi connectivity index (χ0) is 20.2. The summed E-state index contributed by atoms with van der Waals surface area (Å²) in [6, 6.07) is 8.95. The molecule has 0 bridgehead atoms. The average molecular weight is 433 g/mol. The first-order valence-corrected chi connectivity index (χ1v) is 9.77. The van der Waals surface area contributed by atoms with Gasteiger partial charge in [0, 0.05) is 25.1 Å². The lowest BCUT2D eigenvalue weighted by molar-refractivity contribution is -0.385. The largest absolute Gasteiger partial charge is 0.481 e. The molecule has 0 aliphatic rings. The molecule has 0 amide bonds. The normalized spacial score (nSPS) is 11.2. The molecule has 0 saturated carbocycles. The van der Waals surface area contributed by atoms with Gasteiger partial charge in [-0.15, -0.1) is 0 Å². The molecule has 0 aliphatic carbocycles. The number of non-ortho nitro benzene ring substituents is 1. The van der Waals surface area contributed by atoms with E-state index in [4.69, 9.17) is 28.3 Å². The van der Waals surface area contributed by atoms with Gasteiger partial charge in [0.05, 0.1) is 25.6 Å². The predicted octanol–water partition coefficient (Wildman–Crippen LogP) is 3.96. The Labute approximate surface area is 165 Å². The summed E-state index contributed by atoms with van der Waals surface area (Å²) in [5.74, 6) is -1.09. The van der Waals surface area contributed by atoms with E-state index in [9.17, 15) is 23.3 Å². The highest BCUT2D eigenvalue weighted by atomic mass is 35.5. The van der Waals surface area contributed by atoms with E-state index in [-0.39, 0.29) is 40.0 Å². The summed E-state index contributed by atoms with van der Waals surface area (Å²) >= 11 is 12.3. The van der Waals surface area contributed by atoms with Gasteiger partial charge in [-0.25, -0.2) is 8.42 Å². The number of nitrogens with zero attached hydrogens (tertiary/aromatic N) is 2. The van der Waals surface area contributed by atoms with Crippen molar-refractivity contribution < 1.29 is 23.2 Å². The topological polar surface area (TPSA) is 118 Å². The zero-order valence-corrected chi connectivity index (χ0v) is 16.0. The van der Waals surface area contributed by atoms with Crippen molar-refractivity contribution in [1.29, 1.82) is 0 Å². The first-order valence-electron chi connectivity index (χ1n) is 7.57. The molecule has 1 N–H and O–H groups in total. The third-order valence-corrected chi connectivity index (χ3v) is 5.96. The van der Waals surface area contributed by atoms with Gasteiger partial charge in [0.15, 0.2) is 0 Å². The molecule has 0 atom stereocenters. The van der Waals surface area contributed by atoms with Gasteiger partial charge in [0.2, 0.25) is 0 Å². The second-order valence-corrected chi connectivity index (χ2v) is 8.08. The Morgan fingerprint density at radius 3 is 2.30 bits per heavy atom. The number of nitro benzene ring substituents is 1. The summed E-state index contributed by atoms with van der Waals surface area (Å²) in [5.41, 5.74) is -0.412. The lowest BCUT2D eigenvalue weighted by atomic mass is 10.3. The highest BCUT2D eigenvalue weighted by Gasteiger charge is 2.29. The number of nitro groups is 1. The minimum atomic E-state index is -4.29. The molecular formula is C16H14Cl2N2O6S. The number of para-hydroxylation sites is 1. The molecule has 0 unspecified atom stereocenters. The Balaban J connectivity index is 2.56. The van der Waals surface area contributed by atoms with Crippen molar-refractivity contribution in [3.05, 3.63) is 62.6 Å². The molecule has 0 heterocycles. The molecule has 11 heteroatoms. The Bertz CT molecular complexity index is 960. The molecule has 2 aromatic carbocycles. The summed E-state index contributed by atoms with van der Waals surface area (Å²) in [7, 11) is -4.29. The van der Waals surface area contributed by atoms with Crippen LogP contribution >= 0.6 is 23.2 Å². The Hall–Kier alpha value is -2.36. The molecule has 8 nitrogen and oxygen atoms in total. The molecule has 0 radical (unpaired) electrons. The third-order valence-electron chi connectivity index (χ3n) is 3.56. The SMILES string of the molecule is O=C(O)CCCN(c1c(Cl)cccc1Cl)S(=O)(=O)c1cccc([N+](=O)[O-])c1. The van der Waals surface area contributed by atoms with E-state index < -0.39 is 26.6 Å². The number of sulfonamides is 1. The molecule has 0 aromatic heterocycles. The maximum absolute atomic E-state index is 13.1. The van der Waals surface area contributed by atoms with E-state index in [0.29, 0.717) is 0 Å². The monoisotopic (exact) mass is 432 g/mol. The number of halogens is 2. The van der Waals surface area contributed by atoms with Crippen LogP contribution in [0.1, 0.15) is 12.8 Å². The first-order chi connectivity index (χ1) is 12.6. The highest BCUT2D eigenvalue weighted by Crippen LogP contribution is 2.37. The van der Waals surface area contributed by atoms with Crippen molar-refractivity contribution in [2.24, 2.45) is 0 Å². The van der Waals surface area contributed by atoms with E-state index >= 15 is 0 Å². The van der Waals surface area contributed by atoms with Crippen LogP contribution in [0.25, 0.3) is 0 Å². The first kappa shape index (κ1) is 20.9. The number of carbonyl (C=O) groups is 1. The summed E-state index contributed by atoms with van der Waals surface area (Å²) < 4.78 is 27.1. The van der Waals surface area contributed by atoms with Gasteiger partial charge in [-0.05, 0) is 24.6 Å². The van der Waals surface area contributed by atoms with Crippen molar-refractivity contribution in [2.75, 3.05) is 10.8 Å². The number of hydrogen-bond donors (Lipinski definition) is 1. The summed E-state index contributed by atoms with van der Waals surface area (Å²) in [5, 5.41) is 19.9. The lowest BCUT2D eigenvalue weighted by Gasteiger charge is -2.26. The summed E-state index contributed by atoms with van der Waals surface area (Å²) in [6.45, 7) is -0.221. The molecule has 0 saturated heterocycles. The number of hydrogen-bond acceptors (Lipinski definition) is 5. The molecule has 27 heavy (non-hydrogen) atoms. The second kappa shape index (κ2) is 8.55. The van der Waals surface area contributed by atoms with Gasteiger partial charge in [-0.2, -0.15) is 0 Å². The number of carboxylic acid groups (broad SMARTS) is 1. The number of rotatable bonds is 8. The van der Waals surface area contributed by atoms with Crippen molar-refractivity contribution in [3.8, 4) is 0 Å². The van der Waals surface area contributed by atoms with Crippen LogP contribution in [0.3, 0.4) is 0 Å². The van der Waals surface area contributed by atoms with Crippen LogP contribution in [0, 0.1) is 10.1 Å². The smallest absolute Gasteiger partial charge is 0.303 e. The second-order valence-electron chi connectivity index (χ2n) is 5.40. The van der Waals surface area contributed by atoms with Crippen molar-refractivity contribution >= 4 is 50.6 Å². The van der Waals surface area contributed by atoms with Crippen LogP contribution in [0.2, 0.25) is 10.0 Å². The Morgan fingerprint density at radius 1 is 1.15 bits per heavy atom. The van der Waals surface area contributed by atoms with Gasteiger partial charge in [-0.1, -0.05) is 35.3 Å². The molecule has 0 aliphatic heterocycles. The zero-order valence-electron chi connectivity index (χ0n) is 13.7. The quantitative estimate of drug-likeness (QED) is 0.497. The van der Waals surface area contributed by atoms with Gasteiger partial charge in [0.1, 0.15) is 0 Å². The molecule has 0 fully saturated rings. The van der Waals surface area contributed by atoms with Gasteiger partial charge < -0.3 is 5.11 Å². The number of aliphatic carboxylic acids is 1. The maximum Gasteiger partial charge on any atom is 0.303 e. The van der Waals surface area contributed by atoms with Crippen LogP contribution in [0.15, 0.2) is 47.4 Å². The fourth-order valence-electron chi connectivity index (χ4n) is 2.34. The molecule has 144 valence electrons. The van der Waals surface area contributed by atoms with Gasteiger partial charge in [-0.3, -0.25) is 19.2 Å². The van der Waals surface area contributed by atoms with Crippen molar-refractivity contribution in [2.45, 2.75) is 17.7 Å². The van der Waals surface area contributed by atoms with Crippen LogP contribution in [0.5, 0.6) is 0 Å². The molecule has 0 spiro atoms. The van der Waals surface area contributed by atoms with Crippen molar-refractivity contribution in [1.82, 2.24) is 0 Å². The van der Waals surface area contributed by atoms with Gasteiger partial charge >= 0.3 is 5.97 Å². The number of carboxylic acids is 1. The van der Waals surface area contributed by atoms with E-state index in [1.807, 2.05) is 0 Å². The van der Waals surface area contributed by atoms with Crippen LogP contribution in [-0.4, -0.2) is 31.0 Å². The standard InChI is InChI=1S/C16H14Cl2N2O6S/c17-13-6-2-7-14(18)16(13)19(9-3-8-15(21)22)27(25,26)12-5-1-4-11(10-12)20(23)24/h1-2,4-7,10H,3,8-9H2,(H,21,22). The average Bonchev–Trinajstić information content (AvgIpc) is 2.60. The van der Waals surface area contributed by atoms with E-state index in [1.165, 1.54) is 30.3 Å². The Kier molecular flexibility index (Phi) is 6.63. The minimum Gasteiger partial charge on any atom is -0.481 e. The van der Waals surface area contributed by atoms with Crippen LogP contribution in [0.4, 0.5) is 11.4 Å². The summed E-state index contributed by atoms with van der Waals surface area (Å²) in [6.07, 6.45) is -0.284. The highest BCUT2D eigenvalue weighted by molar-refractivity contribution is 7.92. The van der Waals surface area contributed by atoms with E-state index in [1.54, 1.807) is 0 Å². The van der Waals surface area contributed by atoms with E-state index in [2.05, 4.69) is 0 Å². The predicted molar refractivity (Wildman–Crippen MR) is 101 cm³/mol. The van der Waals surface area contributed by atoms with Crippen molar-refractivity contribution in [3.63, 3.8) is 0 Å². The maximum atomic E-state index is 13.1. The lowest BCUT2D eigenvalue weighted by Crippen LogP contribution is -2.33. The molecule has 2 rings (SSSR count). The van der Waals surface area contributed by atoms with Crippen LogP contribution < -0.4 is 4.31 Å². The third kappa shape index (κ3) is 4.88. The van der Waals surface area contributed by atoms with Gasteiger partial charge in [0.25, 0.3) is 15.7 Å².